The molecule has 23 heavy (non-hydrogen) atoms. The maximum Gasteiger partial charge on any atom is 0.172 e. The number of aryl methyl sites for hydroxylation is 1. The Kier molecular flexibility index (Phi) is 4.60. The van der Waals surface area contributed by atoms with E-state index in [1.54, 1.807) is 24.3 Å². The predicted octanol–water partition coefficient (Wildman–Crippen LogP) is 3.39. The van der Waals surface area contributed by atoms with E-state index in [1.807, 2.05) is 31.2 Å². The van der Waals surface area contributed by atoms with Crippen LogP contribution in [0.2, 0.25) is 5.02 Å². The van der Waals surface area contributed by atoms with Gasteiger partial charge in [0.25, 0.3) is 0 Å². The maximum absolute atomic E-state index is 6.20. The Morgan fingerprint density at radius 2 is 1.83 bits per heavy atom. The molecule has 0 spiro atoms. The molecule has 3 aromatic rings. The minimum atomic E-state index is -0.365. The van der Waals surface area contributed by atoms with Gasteiger partial charge >= 0.3 is 0 Å². The summed E-state index contributed by atoms with van der Waals surface area (Å²) in [5.74, 6) is 1.89. The highest BCUT2D eigenvalue weighted by atomic mass is 35.5. The lowest BCUT2D eigenvalue weighted by Crippen LogP contribution is -2.13. The standard InChI is InChI=1S/C17H17ClN4O/c1-11-2-4-12(5-3-11)16(19)17-20-15(21-22-17)10-23-14-8-6-13(18)7-9-14/h2-9,16H,10,19H2,1H3,(H,20,21,22)/t16-/m1/s1. The first kappa shape index (κ1) is 15.5. The topological polar surface area (TPSA) is 76.8 Å². The average molecular weight is 329 g/mol. The van der Waals surface area contributed by atoms with Crippen molar-refractivity contribution >= 4 is 11.6 Å². The Morgan fingerprint density at radius 3 is 2.52 bits per heavy atom. The second kappa shape index (κ2) is 6.81. The van der Waals surface area contributed by atoms with Crippen LogP contribution < -0.4 is 10.5 Å². The molecule has 3 rings (SSSR count). The van der Waals surface area contributed by atoms with Crippen molar-refractivity contribution in [2.75, 3.05) is 0 Å². The highest BCUT2D eigenvalue weighted by molar-refractivity contribution is 6.30. The Hall–Kier alpha value is -2.37. The number of nitrogens with zero attached hydrogens (tertiary/aromatic N) is 2. The van der Waals surface area contributed by atoms with Crippen molar-refractivity contribution in [2.24, 2.45) is 5.73 Å². The number of nitrogens with one attached hydrogen (secondary N) is 1. The van der Waals surface area contributed by atoms with E-state index in [4.69, 9.17) is 22.1 Å². The van der Waals surface area contributed by atoms with E-state index in [9.17, 15) is 0 Å². The second-order valence-electron chi connectivity index (χ2n) is 5.27. The average Bonchev–Trinajstić information content (AvgIpc) is 3.03. The van der Waals surface area contributed by atoms with Crippen molar-refractivity contribution < 1.29 is 4.74 Å². The van der Waals surface area contributed by atoms with Crippen LogP contribution in [0.3, 0.4) is 0 Å². The van der Waals surface area contributed by atoms with Gasteiger partial charge in [-0.3, -0.25) is 5.10 Å². The highest BCUT2D eigenvalue weighted by Gasteiger charge is 2.14. The van der Waals surface area contributed by atoms with E-state index in [0.717, 1.165) is 11.3 Å². The number of ether oxygens (including phenoxy) is 1. The van der Waals surface area contributed by atoms with Crippen LogP contribution >= 0.6 is 11.6 Å². The van der Waals surface area contributed by atoms with Crippen LogP contribution in [-0.2, 0) is 6.61 Å². The smallest absolute Gasteiger partial charge is 0.172 e. The molecule has 118 valence electrons. The number of halogens is 1. The molecule has 0 fully saturated rings. The quantitative estimate of drug-likeness (QED) is 0.752. The number of nitrogens with two attached hydrogens (primary N) is 1. The van der Waals surface area contributed by atoms with Crippen LogP contribution in [0.25, 0.3) is 0 Å². The first-order valence-electron chi connectivity index (χ1n) is 7.23. The first-order chi connectivity index (χ1) is 11.1. The second-order valence-corrected chi connectivity index (χ2v) is 5.71. The van der Waals surface area contributed by atoms with Gasteiger partial charge in [-0.05, 0) is 36.8 Å². The third-order valence-corrected chi connectivity index (χ3v) is 3.70. The lowest BCUT2D eigenvalue weighted by atomic mass is 10.1. The summed E-state index contributed by atoms with van der Waals surface area (Å²) in [6, 6.07) is 14.8. The molecule has 0 bridgehead atoms. The van der Waals surface area contributed by atoms with Crippen LogP contribution in [0.15, 0.2) is 48.5 Å². The van der Waals surface area contributed by atoms with Gasteiger partial charge in [-0.25, -0.2) is 4.98 Å². The summed E-state index contributed by atoms with van der Waals surface area (Å²) in [5, 5.41) is 7.71. The van der Waals surface area contributed by atoms with Crippen molar-refractivity contribution in [1.29, 1.82) is 0 Å². The predicted molar refractivity (Wildman–Crippen MR) is 89.4 cm³/mol. The summed E-state index contributed by atoms with van der Waals surface area (Å²) < 4.78 is 5.63. The van der Waals surface area contributed by atoms with E-state index in [1.165, 1.54) is 5.56 Å². The van der Waals surface area contributed by atoms with Crippen molar-refractivity contribution in [3.63, 3.8) is 0 Å². The maximum atomic E-state index is 6.20. The third kappa shape index (κ3) is 3.88. The molecule has 0 amide bonds. The molecule has 3 N–H and O–H groups in total. The van der Waals surface area contributed by atoms with Gasteiger partial charge in [0, 0.05) is 5.02 Å². The number of aromatic amines is 1. The summed E-state index contributed by atoms with van der Waals surface area (Å²) in [6.45, 7) is 2.32. The van der Waals surface area contributed by atoms with Gasteiger partial charge in [-0.15, -0.1) is 0 Å². The van der Waals surface area contributed by atoms with Crippen LogP contribution in [-0.4, -0.2) is 15.2 Å². The molecule has 0 aliphatic heterocycles. The minimum Gasteiger partial charge on any atom is -0.486 e. The summed E-state index contributed by atoms with van der Waals surface area (Å²) in [7, 11) is 0. The van der Waals surface area contributed by atoms with Gasteiger partial charge in [-0.2, -0.15) is 5.10 Å². The summed E-state index contributed by atoms with van der Waals surface area (Å²) in [4.78, 5) is 4.40. The Balaban J connectivity index is 1.65. The molecule has 5 nitrogen and oxygen atoms in total. The molecule has 6 heteroatoms. The molecule has 0 unspecified atom stereocenters. The Labute approximate surface area is 139 Å². The number of hydrogen-bond acceptors (Lipinski definition) is 4. The lowest BCUT2D eigenvalue weighted by molar-refractivity contribution is 0.296. The van der Waals surface area contributed by atoms with Gasteiger partial charge in [0.1, 0.15) is 12.4 Å². The van der Waals surface area contributed by atoms with Crippen LogP contribution in [0.4, 0.5) is 0 Å². The number of H-pyrrole nitrogens is 1. The van der Waals surface area contributed by atoms with E-state index < -0.39 is 0 Å². The van der Waals surface area contributed by atoms with Crippen LogP contribution in [0, 0.1) is 6.92 Å². The zero-order valence-electron chi connectivity index (χ0n) is 12.7. The molecule has 1 atom stereocenters. The molecule has 0 saturated carbocycles. The fraction of sp³-hybridized carbons (Fsp3) is 0.176. The molecule has 2 aromatic carbocycles. The van der Waals surface area contributed by atoms with Gasteiger partial charge in [0.15, 0.2) is 11.6 Å². The molecule has 0 aliphatic rings. The molecule has 0 radical (unpaired) electrons. The monoisotopic (exact) mass is 328 g/mol. The zero-order valence-corrected chi connectivity index (χ0v) is 13.4. The highest BCUT2D eigenvalue weighted by Crippen LogP contribution is 2.18. The molecular weight excluding hydrogens is 312 g/mol. The fourth-order valence-electron chi connectivity index (χ4n) is 2.12. The van der Waals surface area contributed by atoms with Gasteiger partial charge < -0.3 is 10.5 Å². The van der Waals surface area contributed by atoms with Gasteiger partial charge in [0.2, 0.25) is 0 Å². The van der Waals surface area contributed by atoms with Crippen molar-refractivity contribution in [2.45, 2.75) is 19.6 Å². The van der Waals surface area contributed by atoms with Crippen molar-refractivity contribution in [3.05, 3.63) is 76.3 Å². The SMILES string of the molecule is Cc1ccc([C@@H](N)c2n[nH]c(COc3ccc(Cl)cc3)n2)cc1. The number of benzene rings is 2. The number of rotatable bonds is 5. The largest absolute Gasteiger partial charge is 0.486 e. The Bertz CT molecular complexity index is 768. The van der Waals surface area contributed by atoms with E-state index >= 15 is 0 Å². The Morgan fingerprint density at radius 1 is 1.13 bits per heavy atom. The van der Waals surface area contributed by atoms with Crippen molar-refractivity contribution in [3.8, 4) is 5.75 Å². The van der Waals surface area contributed by atoms with E-state index in [0.29, 0.717) is 16.7 Å². The third-order valence-electron chi connectivity index (χ3n) is 3.45. The first-order valence-corrected chi connectivity index (χ1v) is 7.61. The summed E-state index contributed by atoms with van der Waals surface area (Å²) >= 11 is 5.84. The van der Waals surface area contributed by atoms with Crippen LogP contribution in [0.1, 0.15) is 28.8 Å². The number of hydrogen-bond donors (Lipinski definition) is 2. The van der Waals surface area contributed by atoms with Gasteiger partial charge in [-0.1, -0.05) is 41.4 Å². The molecular formula is C17H17ClN4O. The minimum absolute atomic E-state index is 0.287. The molecule has 0 saturated heterocycles. The fourth-order valence-corrected chi connectivity index (χ4v) is 2.25. The molecule has 1 aromatic heterocycles. The van der Waals surface area contributed by atoms with Crippen LogP contribution in [0.5, 0.6) is 5.75 Å². The van der Waals surface area contributed by atoms with E-state index in [-0.39, 0.29) is 12.6 Å². The summed E-state index contributed by atoms with van der Waals surface area (Å²) in [5.41, 5.74) is 8.36. The van der Waals surface area contributed by atoms with Gasteiger partial charge in [0.05, 0.1) is 6.04 Å². The molecule has 0 aliphatic carbocycles. The van der Waals surface area contributed by atoms with E-state index in [2.05, 4.69) is 15.2 Å². The number of aromatic nitrogens is 3. The summed E-state index contributed by atoms with van der Waals surface area (Å²) in [6.07, 6.45) is 0. The molecule has 1 heterocycles. The lowest BCUT2D eigenvalue weighted by Gasteiger charge is -2.08. The van der Waals surface area contributed by atoms with Crippen molar-refractivity contribution in [1.82, 2.24) is 15.2 Å². The normalized spacial score (nSPS) is 12.1. The zero-order chi connectivity index (χ0) is 16.2.